The van der Waals surface area contributed by atoms with Gasteiger partial charge in [-0.3, -0.25) is 4.79 Å². The molecule has 3 heterocycles. The Bertz CT molecular complexity index is 1310. The number of phenolic OH excluding ortho intramolecular Hbond substituents is 1. The quantitative estimate of drug-likeness (QED) is 0.308. The summed E-state index contributed by atoms with van der Waals surface area (Å²) in [6.07, 6.45) is -8.68. The summed E-state index contributed by atoms with van der Waals surface area (Å²) in [4.78, 5) is 11.3. The number of methoxy groups -OCH3 is 2. The molecule has 10 unspecified atom stereocenters. The van der Waals surface area contributed by atoms with Crippen LogP contribution in [-0.4, -0.2) is 104 Å². The Morgan fingerprint density at radius 2 is 1.60 bits per heavy atom. The zero-order valence-corrected chi connectivity index (χ0v) is 23.7. The van der Waals surface area contributed by atoms with Gasteiger partial charge in [-0.25, -0.2) is 0 Å². The third kappa shape index (κ3) is 5.22. The van der Waals surface area contributed by atoms with Gasteiger partial charge in [0.25, 0.3) is 6.47 Å². The highest BCUT2D eigenvalue weighted by molar-refractivity contribution is 5.59. The molecule has 4 N–H and O–H groups in total. The van der Waals surface area contributed by atoms with Crippen molar-refractivity contribution in [2.45, 2.75) is 62.0 Å². The molecule has 3 aliphatic heterocycles. The van der Waals surface area contributed by atoms with Crippen LogP contribution in [-0.2, 0) is 28.5 Å². The number of fused-ring (bicyclic) bond motifs is 3. The molecule has 14 heteroatoms. The van der Waals surface area contributed by atoms with Crippen molar-refractivity contribution in [1.29, 1.82) is 0 Å². The maximum atomic E-state index is 12.0. The van der Waals surface area contributed by atoms with Crippen molar-refractivity contribution >= 4 is 6.47 Å². The number of hydrogen-bond donors (Lipinski definition) is 4. The molecule has 10 atom stereocenters. The molecular formula is C29H34O14. The maximum absolute atomic E-state index is 12.0. The minimum Gasteiger partial charge on any atom is -0.502 e. The number of hydrogen-bond acceptors (Lipinski definition) is 14. The number of carbonyl (C=O) groups is 1. The van der Waals surface area contributed by atoms with E-state index in [1.54, 1.807) is 31.2 Å². The molecule has 0 radical (unpaired) electrons. The topological polar surface area (TPSA) is 181 Å². The van der Waals surface area contributed by atoms with Crippen molar-refractivity contribution < 1.29 is 67.9 Å². The summed E-state index contributed by atoms with van der Waals surface area (Å²) >= 11 is 0. The monoisotopic (exact) mass is 606 g/mol. The first-order chi connectivity index (χ1) is 20.7. The van der Waals surface area contributed by atoms with Crippen LogP contribution in [0.25, 0.3) is 0 Å². The maximum Gasteiger partial charge on any atom is 0.293 e. The van der Waals surface area contributed by atoms with Gasteiger partial charge < -0.3 is 63.1 Å². The minimum atomic E-state index is -1.52. The van der Waals surface area contributed by atoms with Crippen molar-refractivity contribution in [2.75, 3.05) is 34.2 Å². The first-order valence-corrected chi connectivity index (χ1v) is 13.8. The number of aliphatic hydroxyl groups is 3. The van der Waals surface area contributed by atoms with Gasteiger partial charge in [-0.05, 0) is 47.9 Å². The highest BCUT2D eigenvalue weighted by Crippen LogP contribution is 2.53. The zero-order valence-electron chi connectivity index (χ0n) is 23.7. The number of carbonyl (C=O) groups excluding carboxylic acids is 1. The number of ether oxygens (including phenoxy) is 9. The van der Waals surface area contributed by atoms with Crippen LogP contribution in [0.15, 0.2) is 24.3 Å². The van der Waals surface area contributed by atoms with Gasteiger partial charge in [-0.15, -0.1) is 0 Å². The smallest absolute Gasteiger partial charge is 0.293 e. The summed E-state index contributed by atoms with van der Waals surface area (Å²) in [6.45, 7) is 1.75. The number of rotatable bonds is 8. The van der Waals surface area contributed by atoms with Crippen LogP contribution >= 0.6 is 0 Å². The van der Waals surface area contributed by atoms with E-state index in [4.69, 9.17) is 42.6 Å². The fraction of sp³-hybridized carbons (Fsp3) is 0.552. The van der Waals surface area contributed by atoms with E-state index >= 15 is 0 Å². The molecule has 0 bridgehead atoms. The second-order valence-corrected chi connectivity index (χ2v) is 10.8. The summed E-state index contributed by atoms with van der Waals surface area (Å²) in [5, 5.41) is 44.4. The Morgan fingerprint density at radius 3 is 2.26 bits per heavy atom. The number of aromatic hydroxyl groups is 1. The van der Waals surface area contributed by atoms with E-state index in [-0.39, 0.29) is 43.7 Å². The predicted octanol–water partition coefficient (Wildman–Crippen LogP) is 0.699. The predicted molar refractivity (Wildman–Crippen MR) is 142 cm³/mol. The van der Waals surface area contributed by atoms with Crippen molar-refractivity contribution in [2.24, 2.45) is 5.92 Å². The first-order valence-electron chi connectivity index (χ1n) is 13.8. The van der Waals surface area contributed by atoms with Gasteiger partial charge in [0.1, 0.15) is 24.4 Å². The van der Waals surface area contributed by atoms with Gasteiger partial charge >= 0.3 is 0 Å². The van der Waals surface area contributed by atoms with Gasteiger partial charge in [-0.1, -0.05) is 0 Å². The van der Waals surface area contributed by atoms with Crippen molar-refractivity contribution in [3.05, 3.63) is 41.0 Å². The highest BCUT2D eigenvalue weighted by Gasteiger charge is 2.52. The SMILES string of the molecule is COc1cc(C2c3cc4c(cc3C(OC3OC5COC(C)OC5C(O)C3O)C(COC=O)C2O)OCO4)cc(OC)c1O. The Morgan fingerprint density at radius 1 is 0.930 bits per heavy atom. The van der Waals surface area contributed by atoms with Crippen LogP contribution in [0.4, 0.5) is 0 Å². The molecule has 6 rings (SSSR count). The lowest BCUT2D eigenvalue weighted by Crippen LogP contribution is -2.63. The molecule has 2 aromatic carbocycles. The number of benzene rings is 2. The standard InChI is InChI=1S/C29H34O14/c1-12-38-9-21-28(41-12)25(33)26(34)29(42-21)43-27-15-7-18-17(39-11-40-18)6-14(15)22(23(31)16(27)8-37-10-30)13-4-19(35-2)24(32)20(5-13)36-3/h4-7,10,12,16,21-23,25-29,31-34H,8-9,11H2,1-3H3. The Kier molecular flexibility index (Phi) is 8.26. The zero-order chi connectivity index (χ0) is 30.4. The summed E-state index contributed by atoms with van der Waals surface area (Å²) in [6, 6.07) is 6.58. The van der Waals surface area contributed by atoms with E-state index in [2.05, 4.69) is 0 Å². The lowest BCUT2D eigenvalue weighted by molar-refractivity contribution is -0.365. The fourth-order valence-electron chi connectivity index (χ4n) is 6.27. The third-order valence-electron chi connectivity index (χ3n) is 8.37. The Hall–Kier alpha value is -3.37. The normalized spacial score (nSPS) is 34.6. The van der Waals surface area contributed by atoms with Crippen molar-refractivity contribution in [3.63, 3.8) is 0 Å². The van der Waals surface area contributed by atoms with Crippen LogP contribution < -0.4 is 18.9 Å². The minimum absolute atomic E-state index is 0.0202. The molecule has 2 saturated heterocycles. The number of phenols is 1. The first kappa shape index (κ1) is 29.7. The lowest BCUT2D eigenvalue weighted by Gasteiger charge is -2.48. The molecule has 0 saturated carbocycles. The molecule has 43 heavy (non-hydrogen) atoms. The van der Waals surface area contributed by atoms with E-state index in [1.165, 1.54) is 14.2 Å². The molecule has 2 fully saturated rings. The van der Waals surface area contributed by atoms with Crippen LogP contribution in [0.2, 0.25) is 0 Å². The van der Waals surface area contributed by atoms with Crippen LogP contribution in [0.5, 0.6) is 28.7 Å². The van der Waals surface area contributed by atoms with Crippen molar-refractivity contribution in [1.82, 2.24) is 0 Å². The largest absolute Gasteiger partial charge is 0.502 e. The van der Waals surface area contributed by atoms with Gasteiger partial charge in [0.2, 0.25) is 12.5 Å². The Labute approximate surface area is 246 Å². The lowest BCUT2D eigenvalue weighted by atomic mass is 9.70. The van der Waals surface area contributed by atoms with E-state index < -0.39 is 61.0 Å². The molecule has 1 aliphatic carbocycles. The van der Waals surface area contributed by atoms with E-state index in [0.717, 1.165) is 0 Å². The van der Waals surface area contributed by atoms with E-state index in [0.29, 0.717) is 28.2 Å². The van der Waals surface area contributed by atoms with Crippen LogP contribution in [0.1, 0.15) is 35.6 Å². The highest BCUT2D eigenvalue weighted by atomic mass is 16.8. The summed E-state index contributed by atoms with van der Waals surface area (Å²) in [5.74, 6) is -0.787. The summed E-state index contributed by atoms with van der Waals surface area (Å²) in [5.41, 5.74) is 1.62. The molecule has 0 aromatic heterocycles. The average molecular weight is 607 g/mol. The molecule has 4 aliphatic rings. The second kappa shape index (κ2) is 12.0. The molecule has 0 spiro atoms. The third-order valence-corrected chi connectivity index (χ3v) is 8.37. The van der Waals surface area contributed by atoms with Gasteiger partial charge in [0.05, 0.1) is 45.6 Å². The molecule has 2 aromatic rings. The summed E-state index contributed by atoms with van der Waals surface area (Å²) < 4.78 is 50.7. The average Bonchev–Trinajstić information content (AvgIpc) is 3.47. The fourth-order valence-corrected chi connectivity index (χ4v) is 6.27. The van der Waals surface area contributed by atoms with Gasteiger partial charge in [0.15, 0.2) is 35.6 Å². The summed E-state index contributed by atoms with van der Waals surface area (Å²) in [7, 11) is 2.79. The second-order valence-electron chi connectivity index (χ2n) is 10.8. The van der Waals surface area contributed by atoms with Gasteiger partial charge in [-0.2, -0.15) is 0 Å². The number of aliphatic hydroxyl groups excluding tert-OH is 3. The molecular weight excluding hydrogens is 572 g/mol. The molecule has 14 nitrogen and oxygen atoms in total. The van der Waals surface area contributed by atoms with Crippen LogP contribution in [0.3, 0.4) is 0 Å². The van der Waals surface area contributed by atoms with Gasteiger partial charge in [0, 0.05) is 5.92 Å². The Balaban J connectivity index is 1.43. The molecule has 234 valence electrons. The molecule has 0 amide bonds. The van der Waals surface area contributed by atoms with E-state index in [1.807, 2.05) is 0 Å². The van der Waals surface area contributed by atoms with E-state index in [9.17, 15) is 25.2 Å². The van der Waals surface area contributed by atoms with Crippen LogP contribution in [0, 0.1) is 5.92 Å². The van der Waals surface area contributed by atoms with Crippen molar-refractivity contribution in [3.8, 4) is 28.7 Å².